The van der Waals surface area contributed by atoms with Gasteiger partial charge in [-0.05, 0) is 31.5 Å². The number of piperidine rings is 1. The minimum absolute atomic E-state index is 0.272. The van der Waals surface area contributed by atoms with Gasteiger partial charge >= 0.3 is 0 Å². The average molecular weight is 247 g/mol. The zero-order valence-electron chi connectivity index (χ0n) is 9.90. The Morgan fingerprint density at radius 3 is 3.11 bits per heavy atom. The van der Waals surface area contributed by atoms with E-state index in [0.717, 1.165) is 25.9 Å². The predicted molar refractivity (Wildman–Crippen MR) is 64.5 cm³/mol. The second-order valence-electron chi connectivity index (χ2n) is 4.51. The maximum atomic E-state index is 13.1. The van der Waals surface area contributed by atoms with E-state index in [1.807, 2.05) is 0 Å². The van der Waals surface area contributed by atoms with E-state index < -0.39 is 0 Å². The van der Waals surface area contributed by atoms with E-state index in [0.29, 0.717) is 17.3 Å². The summed E-state index contributed by atoms with van der Waals surface area (Å²) >= 11 is 0. The third kappa shape index (κ3) is 2.26. The molecular weight excluding hydrogens is 233 g/mol. The van der Waals surface area contributed by atoms with Gasteiger partial charge in [-0.3, -0.25) is 0 Å². The fourth-order valence-corrected chi connectivity index (χ4v) is 2.21. The van der Waals surface area contributed by atoms with Crippen LogP contribution in [0.15, 0.2) is 28.8 Å². The summed E-state index contributed by atoms with van der Waals surface area (Å²) in [6, 6.07) is 6.23. The first kappa shape index (κ1) is 11.3. The maximum absolute atomic E-state index is 13.1. The quantitative estimate of drug-likeness (QED) is 0.885. The zero-order valence-corrected chi connectivity index (χ0v) is 9.90. The van der Waals surface area contributed by atoms with Crippen LogP contribution in [0.5, 0.6) is 0 Å². The number of nitrogens with zero attached hydrogens (tertiary/aromatic N) is 2. The van der Waals surface area contributed by atoms with Gasteiger partial charge in [0, 0.05) is 12.1 Å². The van der Waals surface area contributed by atoms with Gasteiger partial charge in [0.15, 0.2) is 0 Å². The monoisotopic (exact) mass is 247 g/mol. The van der Waals surface area contributed by atoms with E-state index in [1.165, 1.54) is 12.1 Å². The minimum Gasteiger partial charge on any atom is -0.339 e. The molecule has 5 heteroatoms. The van der Waals surface area contributed by atoms with E-state index >= 15 is 0 Å². The first-order valence-electron chi connectivity index (χ1n) is 6.13. The average Bonchev–Trinajstić information content (AvgIpc) is 2.89. The molecule has 3 rings (SSSR count). The minimum atomic E-state index is -0.293. The first-order valence-corrected chi connectivity index (χ1v) is 6.13. The van der Waals surface area contributed by atoms with Crippen molar-refractivity contribution in [1.29, 1.82) is 0 Å². The van der Waals surface area contributed by atoms with Crippen molar-refractivity contribution < 1.29 is 8.91 Å². The van der Waals surface area contributed by atoms with Crippen LogP contribution < -0.4 is 5.32 Å². The van der Waals surface area contributed by atoms with Gasteiger partial charge in [0.1, 0.15) is 5.82 Å². The number of benzene rings is 1. The predicted octanol–water partition coefficient (Wildman–Crippen LogP) is 2.34. The molecule has 2 aromatic rings. The van der Waals surface area contributed by atoms with Crippen LogP contribution in [0.2, 0.25) is 0 Å². The van der Waals surface area contributed by atoms with Crippen molar-refractivity contribution in [1.82, 2.24) is 15.5 Å². The maximum Gasteiger partial charge on any atom is 0.231 e. The van der Waals surface area contributed by atoms with Crippen LogP contribution in [0.4, 0.5) is 4.39 Å². The SMILES string of the molecule is Fc1cccc(-c2noc([C@H]3CCCNC3)n2)c1. The first-order chi connectivity index (χ1) is 8.83. The van der Waals surface area contributed by atoms with Crippen LogP contribution in [0, 0.1) is 5.82 Å². The lowest BCUT2D eigenvalue weighted by molar-refractivity contribution is 0.322. The van der Waals surface area contributed by atoms with Gasteiger partial charge in [-0.2, -0.15) is 4.98 Å². The normalized spacial score (nSPS) is 19.9. The van der Waals surface area contributed by atoms with Gasteiger partial charge in [0.2, 0.25) is 11.7 Å². The van der Waals surface area contributed by atoms with Crippen molar-refractivity contribution in [3.05, 3.63) is 36.0 Å². The molecule has 0 saturated carbocycles. The topological polar surface area (TPSA) is 51.0 Å². The van der Waals surface area contributed by atoms with Crippen LogP contribution >= 0.6 is 0 Å². The molecule has 0 radical (unpaired) electrons. The second-order valence-corrected chi connectivity index (χ2v) is 4.51. The largest absolute Gasteiger partial charge is 0.339 e. The summed E-state index contributed by atoms with van der Waals surface area (Å²) < 4.78 is 18.4. The number of hydrogen-bond donors (Lipinski definition) is 1. The van der Waals surface area contributed by atoms with E-state index in [-0.39, 0.29) is 11.7 Å². The molecule has 1 aromatic heterocycles. The van der Waals surface area contributed by atoms with Gasteiger partial charge < -0.3 is 9.84 Å². The molecular formula is C13H14FN3O. The van der Waals surface area contributed by atoms with Crippen molar-refractivity contribution in [2.75, 3.05) is 13.1 Å². The van der Waals surface area contributed by atoms with E-state index in [1.54, 1.807) is 12.1 Å². The number of halogens is 1. The number of nitrogens with one attached hydrogen (secondary N) is 1. The third-order valence-electron chi connectivity index (χ3n) is 3.17. The molecule has 94 valence electrons. The van der Waals surface area contributed by atoms with Crippen LogP contribution in [0.1, 0.15) is 24.7 Å². The lowest BCUT2D eigenvalue weighted by Crippen LogP contribution is -2.28. The van der Waals surface area contributed by atoms with Gasteiger partial charge in [-0.25, -0.2) is 4.39 Å². The van der Waals surface area contributed by atoms with E-state index in [2.05, 4.69) is 15.5 Å². The molecule has 1 N–H and O–H groups in total. The molecule has 0 bridgehead atoms. The highest BCUT2D eigenvalue weighted by Crippen LogP contribution is 2.24. The molecule has 4 nitrogen and oxygen atoms in total. The fraction of sp³-hybridized carbons (Fsp3) is 0.385. The highest BCUT2D eigenvalue weighted by Gasteiger charge is 2.21. The standard InChI is InChI=1S/C13H14FN3O/c14-11-5-1-3-9(7-11)12-16-13(18-17-12)10-4-2-6-15-8-10/h1,3,5,7,10,15H,2,4,6,8H2/t10-/m0/s1. The number of rotatable bonds is 2. The van der Waals surface area contributed by atoms with Crippen molar-refractivity contribution in [3.8, 4) is 11.4 Å². The Bertz CT molecular complexity index is 535. The number of aromatic nitrogens is 2. The molecule has 1 aliphatic heterocycles. The lowest BCUT2D eigenvalue weighted by atomic mass is 10.00. The summed E-state index contributed by atoms with van der Waals surface area (Å²) in [5.74, 6) is 1.07. The van der Waals surface area contributed by atoms with Gasteiger partial charge in [-0.15, -0.1) is 0 Å². The molecule has 0 unspecified atom stereocenters. The van der Waals surface area contributed by atoms with Crippen molar-refractivity contribution >= 4 is 0 Å². The molecule has 1 aliphatic rings. The van der Waals surface area contributed by atoms with Crippen molar-refractivity contribution in [2.24, 2.45) is 0 Å². The molecule has 0 aliphatic carbocycles. The van der Waals surface area contributed by atoms with Crippen molar-refractivity contribution in [2.45, 2.75) is 18.8 Å². The van der Waals surface area contributed by atoms with E-state index in [9.17, 15) is 4.39 Å². The Morgan fingerprint density at radius 1 is 1.39 bits per heavy atom. The summed E-state index contributed by atoms with van der Waals surface area (Å²) in [5, 5.41) is 7.23. The Hall–Kier alpha value is -1.75. The summed E-state index contributed by atoms with van der Waals surface area (Å²) in [5.41, 5.74) is 0.647. The third-order valence-corrected chi connectivity index (χ3v) is 3.17. The Morgan fingerprint density at radius 2 is 2.33 bits per heavy atom. The molecule has 1 aromatic carbocycles. The Kier molecular flexibility index (Phi) is 3.06. The van der Waals surface area contributed by atoms with Crippen molar-refractivity contribution in [3.63, 3.8) is 0 Å². The van der Waals surface area contributed by atoms with Crippen LogP contribution in [-0.4, -0.2) is 23.2 Å². The van der Waals surface area contributed by atoms with E-state index in [4.69, 9.17) is 4.52 Å². The summed E-state index contributed by atoms with van der Waals surface area (Å²) in [6.07, 6.45) is 2.17. The van der Waals surface area contributed by atoms with Crippen LogP contribution in [-0.2, 0) is 0 Å². The molecule has 1 fully saturated rings. The summed E-state index contributed by atoms with van der Waals surface area (Å²) in [4.78, 5) is 4.36. The van der Waals surface area contributed by atoms with Gasteiger partial charge in [0.25, 0.3) is 0 Å². The smallest absolute Gasteiger partial charge is 0.231 e. The molecule has 1 saturated heterocycles. The molecule has 0 amide bonds. The summed E-state index contributed by atoms with van der Waals surface area (Å²) in [6.45, 7) is 1.91. The Labute approximate surface area is 104 Å². The molecule has 1 atom stereocenters. The fourth-order valence-electron chi connectivity index (χ4n) is 2.21. The summed E-state index contributed by atoms with van der Waals surface area (Å²) in [7, 11) is 0. The lowest BCUT2D eigenvalue weighted by Gasteiger charge is -2.18. The van der Waals surface area contributed by atoms with Crippen LogP contribution in [0.3, 0.4) is 0 Å². The zero-order chi connectivity index (χ0) is 12.4. The van der Waals surface area contributed by atoms with Crippen LogP contribution in [0.25, 0.3) is 11.4 Å². The second kappa shape index (κ2) is 4.86. The molecule has 2 heterocycles. The highest BCUT2D eigenvalue weighted by atomic mass is 19.1. The van der Waals surface area contributed by atoms with Gasteiger partial charge in [0.05, 0.1) is 5.92 Å². The highest BCUT2D eigenvalue weighted by molar-refractivity contribution is 5.53. The molecule has 18 heavy (non-hydrogen) atoms. The number of hydrogen-bond acceptors (Lipinski definition) is 4. The Balaban J connectivity index is 1.84. The molecule has 0 spiro atoms. The van der Waals surface area contributed by atoms with Gasteiger partial charge in [-0.1, -0.05) is 17.3 Å².